The third kappa shape index (κ3) is 2.16. The predicted molar refractivity (Wildman–Crippen MR) is 68.0 cm³/mol. The summed E-state index contributed by atoms with van der Waals surface area (Å²) in [6.45, 7) is 1.57. The Hall–Kier alpha value is -1.69. The number of imidazole rings is 1. The van der Waals surface area contributed by atoms with Gasteiger partial charge in [0.2, 0.25) is 5.91 Å². The summed E-state index contributed by atoms with van der Waals surface area (Å²) < 4.78 is 28.6. The standard InChI is InChI=1S/C12H12ClF2N3O/c1-6(12(19)16-2)18-9(5-13)17-8-4-3-7(14)10(15)11(8)18/h3-4,6H,5H2,1-2H3,(H,16,19). The first kappa shape index (κ1) is 13.7. The van der Waals surface area contributed by atoms with Gasteiger partial charge in [0.1, 0.15) is 17.4 Å². The van der Waals surface area contributed by atoms with Crippen molar-refractivity contribution >= 4 is 28.5 Å². The van der Waals surface area contributed by atoms with Crippen LogP contribution in [0.1, 0.15) is 18.8 Å². The maximum atomic E-state index is 13.9. The zero-order chi connectivity index (χ0) is 14.2. The second kappa shape index (κ2) is 5.13. The molecule has 1 amide bonds. The maximum absolute atomic E-state index is 13.9. The van der Waals surface area contributed by atoms with Crippen molar-refractivity contribution in [3.63, 3.8) is 0 Å². The zero-order valence-electron chi connectivity index (χ0n) is 10.4. The Kier molecular flexibility index (Phi) is 3.71. The van der Waals surface area contributed by atoms with Crippen LogP contribution in [0, 0.1) is 11.6 Å². The van der Waals surface area contributed by atoms with E-state index in [2.05, 4.69) is 10.3 Å². The van der Waals surface area contributed by atoms with Crippen LogP contribution in [0.2, 0.25) is 0 Å². The van der Waals surface area contributed by atoms with E-state index in [1.54, 1.807) is 6.92 Å². The Balaban J connectivity index is 2.76. The van der Waals surface area contributed by atoms with E-state index in [0.29, 0.717) is 5.82 Å². The van der Waals surface area contributed by atoms with Gasteiger partial charge in [-0.25, -0.2) is 13.8 Å². The number of likely N-dealkylation sites (N-methyl/N-ethyl adjacent to an activating group) is 1. The fraction of sp³-hybridized carbons (Fsp3) is 0.333. The minimum absolute atomic E-state index is 0.00290. The number of carbonyl (C=O) groups excluding carboxylic acids is 1. The molecule has 0 saturated carbocycles. The number of alkyl halides is 1. The molecule has 0 fully saturated rings. The highest BCUT2D eigenvalue weighted by Gasteiger charge is 2.23. The summed E-state index contributed by atoms with van der Waals surface area (Å²) in [7, 11) is 1.47. The Morgan fingerprint density at radius 2 is 2.21 bits per heavy atom. The van der Waals surface area contributed by atoms with E-state index in [4.69, 9.17) is 11.6 Å². The van der Waals surface area contributed by atoms with Crippen molar-refractivity contribution < 1.29 is 13.6 Å². The fourth-order valence-corrected chi connectivity index (χ4v) is 2.20. The molecule has 1 atom stereocenters. The molecule has 0 spiro atoms. The van der Waals surface area contributed by atoms with E-state index in [1.165, 1.54) is 17.7 Å². The lowest BCUT2D eigenvalue weighted by Gasteiger charge is -2.15. The number of fused-ring (bicyclic) bond motifs is 1. The summed E-state index contributed by atoms with van der Waals surface area (Å²) >= 11 is 5.76. The molecular weight excluding hydrogens is 276 g/mol. The number of nitrogens with zero attached hydrogens (tertiary/aromatic N) is 2. The van der Waals surface area contributed by atoms with E-state index in [1.807, 2.05) is 0 Å². The van der Waals surface area contributed by atoms with Crippen molar-refractivity contribution in [2.75, 3.05) is 7.05 Å². The van der Waals surface area contributed by atoms with Crippen molar-refractivity contribution in [2.45, 2.75) is 18.8 Å². The molecule has 1 unspecified atom stereocenters. The highest BCUT2D eigenvalue weighted by atomic mass is 35.5. The van der Waals surface area contributed by atoms with Gasteiger partial charge in [-0.3, -0.25) is 4.79 Å². The topological polar surface area (TPSA) is 46.9 Å². The number of amides is 1. The molecule has 1 N–H and O–H groups in total. The average Bonchev–Trinajstić information content (AvgIpc) is 2.80. The lowest BCUT2D eigenvalue weighted by atomic mass is 10.2. The van der Waals surface area contributed by atoms with Crippen LogP contribution in [0.5, 0.6) is 0 Å². The summed E-state index contributed by atoms with van der Waals surface area (Å²) in [5, 5.41) is 2.46. The van der Waals surface area contributed by atoms with Gasteiger partial charge in [-0.1, -0.05) is 0 Å². The van der Waals surface area contributed by atoms with Crippen molar-refractivity contribution in [3.05, 3.63) is 29.6 Å². The monoisotopic (exact) mass is 287 g/mol. The highest BCUT2D eigenvalue weighted by molar-refractivity contribution is 6.17. The molecular formula is C12H12ClF2N3O. The van der Waals surface area contributed by atoms with Crippen LogP contribution in [0.15, 0.2) is 12.1 Å². The maximum Gasteiger partial charge on any atom is 0.242 e. The van der Waals surface area contributed by atoms with E-state index in [9.17, 15) is 13.6 Å². The smallest absolute Gasteiger partial charge is 0.242 e. The van der Waals surface area contributed by atoms with Gasteiger partial charge in [0, 0.05) is 7.05 Å². The van der Waals surface area contributed by atoms with Crippen molar-refractivity contribution in [3.8, 4) is 0 Å². The minimum atomic E-state index is -1.03. The van der Waals surface area contributed by atoms with Gasteiger partial charge in [-0.15, -0.1) is 11.6 Å². The molecule has 0 bridgehead atoms. The molecule has 2 aromatic rings. The Morgan fingerprint density at radius 3 is 2.79 bits per heavy atom. The van der Waals surface area contributed by atoms with Gasteiger partial charge < -0.3 is 9.88 Å². The fourth-order valence-electron chi connectivity index (χ4n) is 2.01. The Bertz CT molecular complexity index is 641. The highest BCUT2D eigenvalue weighted by Crippen LogP contribution is 2.26. The predicted octanol–water partition coefficient (Wildman–Crippen LogP) is 2.36. The summed E-state index contributed by atoms with van der Waals surface area (Å²) in [6, 6.07) is 1.62. The minimum Gasteiger partial charge on any atom is -0.357 e. The summed E-state index contributed by atoms with van der Waals surface area (Å²) in [6.07, 6.45) is 0. The van der Waals surface area contributed by atoms with Crippen LogP contribution in [0.3, 0.4) is 0 Å². The molecule has 4 nitrogen and oxygen atoms in total. The van der Waals surface area contributed by atoms with Crippen molar-refractivity contribution in [1.29, 1.82) is 0 Å². The second-order valence-corrected chi connectivity index (χ2v) is 4.32. The first-order valence-electron chi connectivity index (χ1n) is 5.63. The molecule has 0 aliphatic carbocycles. The van der Waals surface area contributed by atoms with Gasteiger partial charge in [0.25, 0.3) is 0 Å². The Morgan fingerprint density at radius 1 is 1.53 bits per heavy atom. The molecule has 0 radical (unpaired) electrons. The molecule has 102 valence electrons. The molecule has 7 heteroatoms. The number of rotatable bonds is 3. The van der Waals surface area contributed by atoms with Gasteiger partial charge in [0.15, 0.2) is 11.6 Å². The molecule has 1 aromatic heterocycles. The molecule has 19 heavy (non-hydrogen) atoms. The van der Waals surface area contributed by atoms with E-state index in [0.717, 1.165) is 6.07 Å². The first-order chi connectivity index (χ1) is 9.01. The molecule has 1 aromatic carbocycles. The third-order valence-electron chi connectivity index (χ3n) is 2.95. The van der Waals surface area contributed by atoms with Gasteiger partial charge in [0.05, 0.1) is 11.4 Å². The molecule has 0 aliphatic rings. The number of carbonyl (C=O) groups is 1. The van der Waals surface area contributed by atoms with Gasteiger partial charge >= 0.3 is 0 Å². The van der Waals surface area contributed by atoms with Crippen molar-refractivity contribution in [1.82, 2.24) is 14.9 Å². The number of hydrogen-bond donors (Lipinski definition) is 1. The zero-order valence-corrected chi connectivity index (χ0v) is 11.1. The second-order valence-electron chi connectivity index (χ2n) is 4.05. The normalized spacial score (nSPS) is 12.7. The van der Waals surface area contributed by atoms with E-state index in [-0.39, 0.29) is 22.8 Å². The van der Waals surface area contributed by atoms with Crippen LogP contribution < -0.4 is 5.32 Å². The van der Waals surface area contributed by atoms with E-state index >= 15 is 0 Å². The largest absolute Gasteiger partial charge is 0.357 e. The van der Waals surface area contributed by atoms with Crippen LogP contribution in [0.25, 0.3) is 11.0 Å². The van der Waals surface area contributed by atoms with Crippen LogP contribution in [0.4, 0.5) is 8.78 Å². The third-order valence-corrected chi connectivity index (χ3v) is 3.19. The number of hydrogen-bond acceptors (Lipinski definition) is 2. The summed E-state index contributed by atoms with van der Waals surface area (Å²) in [5.74, 6) is -2.04. The summed E-state index contributed by atoms with van der Waals surface area (Å²) in [5.41, 5.74) is 0.219. The Labute approximate surface area is 113 Å². The van der Waals surface area contributed by atoms with Gasteiger partial charge in [-0.05, 0) is 19.1 Å². The molecule has 0 aliphatic heterocycles. The van der Waals surface area contributed by atoms with E-state index < -0.39 is 17.7 Å². The van der Waals surface area contributed by atoms with Crippen molar-refractivity contribution in [2.24, 2.45) is 0 Å². The van der Waals surface area contributed by atoms with Gasteiger partial charge in [-0.2, -0.15) is 0 Å². The average molecular weight is 288 g/mol. The van der Waals surface area contributed by atoms with Crippen LogP contribution in [-0.2, 0) is 10.7 Å². The lowest BCUT2D eigenvalue weighted by Crippen LogP contribution is -2.28. The number of aromatic nitrogens is 2. The van der Waals surface area contributed by atoms with Crippen LogP contribution in [-0.4, -0.2) is 22.5 Å². The number of halogens is 3. The number of benzene rings is 1. The molecule has 2 rings (SSSR count). The first-order valence-corrected chi connectivity index (χ1v) is 6.17. The lowest BCUT2D eigenvalue weighted by molar-refractivity contribution is -0.123. The molecule has 0 saturated heterocycles. The molecule has 1 heterocycles. The number of nitrogens with one attached hydrogen (secondary N) is 1. The quantitative estimate of drug-likeness (QED) is 0.881. The van der Waals surface area contributed by atoms with Crippen LogP contribution >= 0.6 is 11.6 Å². The summed E-state index contributed by atoms with van der Waals surface area (Å²) in [4.78, 5) is 15.8. The SMILES string of the molecule is CNC(=O)C(C)n1c(CCl)nc2ccc(F)c(F)c21.